The Kier molecular flexibility index (Phi) is 16.1. The standard InChI is InChI=1S/C51H31N5O.C29H17BrN2O.C22H15N3/c1-2-11-35(12-3-1)55-43-23-20-32(30-40(43)49-45(55)18-9-27-53-49)33-22-25-48-39(29-33)38-15-8-17-47(51(38)57-48)56-44-24-21-34(31-41(44)50-46(56)19-10-28-54-50)36-13-4-5-14-37(36)42-16-6-7-26-52-42;30-24-9-4-8-21-22-16-19(12-14-27(22)33-29(21)24)18-11-13-25-23(17-18)28-26(10-5-15-31-28)32(25)20-6-2-1-3-7-20;1-2-7-17(19-8-3-4-12-23-19)16(6-1)15-10-11-20-18(14-15)22-21(25-20)9-5-13-24-22/h1-31H;1-17H;1-14,25H. The van der Waals surface area contributed by atoms with Gasteiger partial charge in [-0.2, -0.15) is 0 Å². The third-order valence-electron chi connectivity index (χ3n) is 22.1. The summed E-state index contributed by atoms with van der Waals surface area (Å²) in [6, 6.07) is 118. The maximum Gasteiger partial charge on any atom is 0.159 e. The number of H-pyrrole nitrogens is 1. The van der Waals surface area contributed by atoms with Crippen LogP contribution in [0.25, 0.3) is 216 Å². The van der Waals surface area contributed by atoms with Crippen molar-refractivity contribution in [2.45, 2.75) is 0 Å². The number of nitrogens with zero attached hydrogens (tertiary/aromatic N) is 9. The second-order valence-electron chi connectivity index (χ2n) is 28.7. The van der Waals surface area contributed by atoms with E-state index in [-0.39, 0.29) is 0 Å². The van der Waals surface area contributed by atoms with Gasteiger partial charge in [-0.05, 0) is 242 Å². The Hall–Kier alpha value is -15.2. The molecule has 0 aliphatic rings. The van der Waals surface area contributed by atoms with Crippen molar-refractivity contribution in [3.8, 4) is 84.1 Å². The van der Waals surface area contributed by atoms with E-state index in [1.807, 2.05) is 116 Å². The van der Waals surface area contributed by atoms with Crippen LogP contribution in [0.15, 0.2) is 390 Å². The number of benzene rings is 12. The normalized spacial score (nSPS) is 11.7. The van der Waals surface area contributed by atoms with Gasteiger partial charge in [-0.15, -0.1) is 0 Å². The SMILES string of the molecule is Brc1cccc2c1oc1ccc(-c3ccc4c(c3)c3ncccc3n4-c3ccccc3)cc12.c1ccc(-c2ccccc2-c2ccc3[nH]c4cccnc4c3c2)nc1.c1ccc(-n2c3ccc(-c4ccc5oc6c(-n7c8ccc(-c9ccccc9-c9ccccn9)cc8c8ncccc87)cccc6c5c4)cc3c3ncccc32)cc1. The highest BCUT2D eigenvalue weighted by Crippen LogP contribution is 2.45. The number of halogens is 1. The molecule has 1 N–H and O–H groups in total. The molecule has 24 rings (SSSR count). The van der Waals surface area contributed by atoms with Gasteiger partial charge in [0.15, 0.2) is 5.58 Å². The van der Waals surface area contributed by atoms with Crippen molar-refractivity contribution in [1.29, 1.82) is 0 Å². The molecule has 12 heterocycles. The summed E-state index contributed by atoms with van der Waals surface area (Å²) < 4.78 is 20.7. The molecule has 540 valence electrons. The van der Waals surface area contributed by atoms with Crippen molar-refractivity contribution in [2.24, 2.45) is 0 Å². The number of furan rings is 2. The Morgan fingerprint density at radius 3 is 1.17 bits per heavy atom. The van der Waals surface area contributed by atoms with Crippen LogP contribution in [0.5, 0.6) is 0 Å². The first-order valence-corrected chi connectivity index (χ1v) is 39.0. The first-order chi connectivity index (χ1) is 57.0. The summed E-state index contributed by atoms with van der Waals surface area (Å²) in [6.07, 6.45) is 11.1. The number of fused-ring (bicyclic) bond motifs is 18. The molecular weight excluding hydrogens is 1480 g/mol. The highest BCUT2D eigenvalue weighted by molar-refractivity contribution is 9.10. The average molecular weight is 1540 g/mol. The number of hydrogen-bond donors (Lipinski definition) is 1. The lowest BCUT2D eigenvalue weighted by Gasteiger charge is -2.11. The molecule has 0 spiro atoms. The van der Waals surface area contributed by atoms with Gasteiger partial charge in [0.1, 0.15) is 16.7 Å². The number of pyridine rings is 6. The quantitative estimate of drug-likeness (QED) is 0.151. The number of nitrogens with one attached hydrogen (secondary N) is 1. The Bertz CT molecular complexity index is 7940. The molecule has 13 heteroatoms. The molecule has 0 aliphatic carbocycles. The number of para-hydroxylation sites is 4. The highest BCUT2D eigenvalue weighted by atomic mass is 79.9. The van der Waals surface area contributed by atoms with Crippen LogP contribution in [0.2, 0.25) is 0 Å². The zero-order chi connectivity index (χ0) is 76.0. The van der Waals surface area contributed by atoms with Crippen molar-refractivity contribution < 1.29 is 8.83 Å². The molecule has 115 heavy (non-hydrogen) atoms. The van der Waals surface area contributed by atoms with E-state index < -0.39 is 0 Å². The molecule has 0 saturated carbocycles. The van der Waals surface area contributed by atoms with Crippen molar-refractivity contribution >= 4 is 148 Å². The molecule has 0 saturated heterocycles. The summed E-state index contributed by atoms with van der Waals surface area (Å²) in [5.41, 5.74) is 32.7. The van der Waals surface area contributed by atoms with Gasteiger partial charge >= 0.3 is 0 Å². The van der Waals surface area contributed by atoms with Crippen molar-refractivity contribution in [1.82, 2.24) is 48.6 Å². The van der Waals surface area contributed by atoms with Crippen LogP contribution in [0, 0.1) is 0 Å². The van der Waals surface area contributed by atoms with E-state index in [4.69, 9.17) is 23.8 Å². The minimum absolute atomic E-state index is 0.836. The predicted octanol–water partition coefficient (Wildman–Crippen LogP) is 26.9. The molecule has 12 nitrogen and oxygen atoms in total. The van der Waals surface area contributed by atoms with Crippen LogP contribution in [0.4, 0.5) is 0 Å². The first kappa shape index (κ1) is 66.8. The fraction of sp³-hybridized carbons (Fsp3) is 0. The average Bonchev–Trinajstić information content (AvgIpc) is 1.58. The van der Waals surface area contributed by atoms with Gasteiger partial charge in [-0.1, -0.05) is 158 Å². The molecule has 24 aromatic rings. The van der Waals surface area contributed by atoms with E-state index in [2.05, 4.69) is 310 Å². The highest BCUT2D eigenvalue weighted by Gasteiger charge is 2.23. The summed E-state index contributed by atoms with van der Waals surface area (Å²) in [4.78, 5) is 31.7. The Labute approximate surface area is 665 Å². The predicted molar refractivity (Wildman–Crippen MR) is 473 cm³/mol. The minimum atomic E-state index is 0.836. The number of hydrogen-bond acceptors (Lipinski definition) is 8. The second-order valence-corrected chi connectivity index (χ2v) is 29.5. The lowest BCUT2D eigenvalue weighted by atomic mass is 9.96. The summed E-state index contributed by atoms with van der Waals surface area (Å²) in [5.74, 6) is 0. The van der Waals surface area contributed by atoms with Gasteiger partial charge in [0.25, 0.3) is 0 Å². The Morgan fingerprint density at radius 1 is 0.243 bits per heavy atom. The summed E-state index contributed by atoms with van der Waals surface area (Å²) in [5, 5.41) is 8.85. The Balaban J connectivity index is 0.000000117. The van der Waals surface area contributed by atoms with Crippen LogP contribution >= 0.6 is 15.9 Å². The van der Waals surface area contributed by atoms with E-state index in [9.17, 15) is 0 Å². The third kappa shape index (κ3) is 11.4. The third-order valence-corrected chi connectivity index (χ3v) is 22.8. The maximum absolute atomic E-state index is 6.77. The first-order valence-electron chi connectivity index (χ1n) is 38.2. The van der Waals surface area contributed by atoms with Gasteiger partial charge in [-0.25, -0.2) is 0 Å². The molecule has 0 unspecified atom stereocenters. The molecule has 0 atom stereocenters. The van der Waals surface area contributed by atoms with Crippen molar-refractivity contribution in [3.63, 3.8) is 0 Å². The van der Waals surface area contributed by atoms with Crippen LogP contribution in [0.3, 0.4) is 0 Å². The summed E-state index contributed by atoms with van der Waals surface area (Å²) >= 11 is 3.61. The smallest absolute Gasteiger partial charge is 0.159 e. The summed E-state index contributed by atoms with van der Waals surface area (Å²) in [7, 11) is 0. The largest absolute Gasteiger partial charge is 0.455 e. The van der Waals surface area contributed by atoms with Gasteiger partial charge in [0, 0.05) is 108 Å². The van der Waals surface area contributed by atoms with E-state index in [0.717, 1.165) is 209 Å². The molecule has 0 aliphatic heterocycles. The molecule has 0 fully saturated rings. The summed E-state index contributed by atoms with van der Waals surface area (Å²) in [6.45, 7) is 0. The van der Waals surface area contributed by atoms with Gasteiger partial charge in [-0.3, -0.25) is 29.9 Å². The lowest BCUT2D eigenvalue weighted by molar-refractivity contribution is 0.666. The second kappa shape index (κ2) is 27.7. The van der Waals surface area contributed by atoms with Crippen LogP contribution in [-0.4, -0.2) is 48.6 Å². The number of aromatic nitrogens is 10. The number of rotatable bonds is 9. The molecule has 0 bridgehead atoms. The van der Waals surface area contributed by atoms with Gasteiger partial charge in [0.2, 0.25) is 0 Å². The van der Waals surface area contributed by atoms with E-state index >= 15 is 0 Å². The molecule has 12 aromatic carbocycles. The van der Waals surface area contributed by atoms with Crippen molar-refractivity contribution in [2.75, 3.05) is 0 Å². The molecule has 0 radical (unpaired) electrons. The van der Waals surface area contributed by atoms with Crippen LogP contribution in [0.1, 0.15) is 0 Å². The maximum atomic E-state index is 6.77. The lowest BCUT2D eigenvalue weighted by Crippen LogP contribution is -1.94. The fourth-order valence-corrected chi connectivity index (χ4v) is 17.4. The van der Waals surface area contributed by atoms with Gasteiger partial charge in [0.05, 0.1) is 82.2 Å². The van der Waals surface area contributed by atoms with E-state index in [1.54, 1.807) is 0 Å². The van der Waals surface area contributed by atoms with E-state index in [1.165, 1.54) is 11.1 Å². The zero-order valence-electron chi connectivity index (χ0n) is 61.5. The molecule has 12 aromatic heterocycles. The molecular formula is C102H63BrN10O2. The van der Waals surface area contributed by atoms with Gasteiger partial charge < -0.3 is 27.5 Å². The molecule has 0 amide bonds. The number of aromatic amines is 1. The zero-order valence-corrected chi connectivity index (χ0v) is 63.1. The van der Waals surface area contributed by atoms with Crippen LogP contribution < -0.4 is 0 Å². The van der Waals surface area contributed by atoms with Crippen LogP contribution in [-0.2, 0) is 0 Å². The van der Waals surface area contributed by atoms with E-state index in [0.29, 0.717) is 0 Å². The Morgan fingerprint density at radius 2 is 0.643 bits per heavy atom. The van der Waals surface area contributed by atoms with Crippen molar-refractivity contribution in [3.05, 3.63) is 381 Å². The fourth-order valence-electron chi connectivity index (χ4n) is 16.9. The monoisotopic (exact) mass is 1540 g/mol. The minimum Gasteiger partial charge on any atom is -0.455 e. The topological polar surface area (TPSA) is 134 Å².